The van der Waals surface area contributed by atoms with Gasteiger partial charge in [-0.2, -0.15) is 0 Å². The van der Waals surface area contributed by atoms with E-state index in [0.29, 0.717) is 17.9 Å². The summed E-state index contributed by atoms with van der Waals surface area (Å²) in [5, 5.41) is 5.55. The van der Waals surface area contributed by atoms with Crippen molar-refractivity contribution in [2.24, 2.45) is 0 Å². The molecule has 0 saturated carbocycles. The molecule has 0 aliphatic carbocycles. The summed E-state index contributed by atoms with van der Waals surface area (Å²) in [7, 11) is 0. The minimum absolute atomic E-state index is 0.0476. The number of anilines is 3. The molecule has 3 amide bonds. The predicted molar refractivity (Wildman–Crippen MR) is 118 cm³/mol. The third kappa shape index (κ3) is 5.67. The molecule has 7 nitrogen and oxygen atoms in total. The number of carbonyl (C=O) groups excluding carboxylic acids is 3. The summed E-state index contributed by atoms with van der Waals surface area (Å²) in [5.74, 6) is -0.243. The first-order chi connectivity index (χ1) is 14.5. The molecule has 3 rings (SSSR count). The number of para-hydroxylation sites is 1. The van der Waals surface area contributed by atoms with Crippen molar-refractivity contribution in [2.45, 2.75) is 26.7 Å². The van der Waals surface area contributed by atoms with Crippen molar-refractivity contribution in [2.75, 3.05) is 41.7 Å². The molecule has 7 heteroatoms. The molecule has 0 spiro atoms. The largest absolute Gasteiger partial charge is 0.326 e. The molecule has 1 aliphatic heterocycles. The Balaban J connectivity index is 1.56. The van der Waals surface area contributed by atoms with Gasteiger partial charge in [-0.15, -0.1) is 0 Å². The molecule has 0 saturated heterocycles. The zero-order valence-corrected chi connectivity index (χ0v) is 17.5. The second-order valence-electron chi connectivity index (χ2n) is 7.54. The number of hydrogen-bond acceptors (Lipinski definition) is 3. The number of carbonyl (C=O) groups is 3. The molecule has 0 fully saturated rings. The molecule has 1 heterocycles. The zero-order chi connectivity index (χ0) is 21.5. The van der Waals surface area contributed by atoms with Crippen molar-refractivity contribution in [3.63, 3.8) is 0 Å². The van der Waals surface area contributed by atoms with Crippen molar-refractivity contribution in [3.8, 4) is 0 Å². The second-order valence-corrected chi connectivity index (χ2v) is 7.54. The molecule has 158 valence electrons. The van der Waals surface area contributed by atoms with Crippen molar-refractivity contribution in [1.82, 2.24) is 0 Å². The second kappa shape index (κ2) is 10.0. The first-order valence-electron chi connectivity index (χ1n) is 10.4. The fourth-order valence-electron chi connectivity index (χ4n) is 3.69. The minimum atomic E-state index is -0.147. The molecule has 2 aromatic rings. The van der Waals surface area contributed by atoms with Gasteiger partial charge >= 0.3 is 0 Å². The smallest absolute Gasteiger partial charge is 0.282 e. The summed E-state index contributed by atoms with van der Waals surface area (Å²) in [4.78, 5) is 39.3. The highest BCUT2D eigenvalue weighted by atomic mass is 16.2. The quantitative estimate of drug-likeness (QED) is 0.648. The number of benzene rings is 2. The predicted octanol–water partition coefficient (Wildman–Crippen LogP) is 1.47. The number of likely N-dealkylation sites (N-methyl/N-ethyl adjacent to an activating group) is 1. The number of amides is 3. The van der Waals surface area contributed by atoms with Crippen molar-refractivity contribution >= 4 is 34.8 Å². The number of rotatable bonds is 7. The zero-order valence-electron chi connectivity index (χ0n) is 17.5. The molecular weight excluding hydrogens is 380 g/mol. The Morgan fingerprint density at radius 3 is 2.30 bits per heavy atom. The van der Waals surface area contributed by atoms with E-state index in [0.717, 1.165) is 30.0 Å². The SMILES string of the molecule is CC[NH+](CC(=O)Nc1ccc(NC(C)=O)cc1)CC(=O)N1CCCc2ccccc21. The molecule has 3 N–H and O–H groups in total. The number of nitrogens with zero attached hydrogens (tertiary/aromatic N) is 1. The number of fused-ring (bicyclic) bond motifs is 1. The van der Waals surface area contributed by atoms with Gasteiger partial charge in [0.2, 0.25) is 5.91 Å². The van der Waals surface area contributed by atoms with Crippen LogP contribution in [-0.2, 0) is 20.8 Å². The fourth-order valence-corrected chi connectivity index (χ4v) is 3.69. The maximum absolute atomic E-state index is 12.9. The van der Waals surface area contributed by atoms with Crippen LogP contribution in [0.3, 0.4) is 0 Å². The summed E-state index contributed by atoms with van der Waals surface area (Å²) in [6, 6.07) is 15.0. The van der Waals surface area contributed by atoms with Crippen LogP contribution in [0.15, 0.2) is 48.5 Å². The Morgan fingerprint density at radius 2 is 1.63 bits per heavy atom. The molecule has 1 atom stereocenters. The average Bonchev–Trinajstić information content (AvgIpc) is 2.73. The number of quaternary nitrogens is 1. The minimum Gasteiger partial charge on any atom is -0.326 e. The lowest BCUT2D eigenvalue weighted by Crippen LogP contribution is -3.14. The van der Waals surface area contributed by atoms with E-state index in [1.54, 1.807) is 24.3 Å². The van der Waals surface area contributed by atoms with E-state index >= 15 is 0 Å². The highest BCUT2D eigenvalue weighted by Crippen LogP contribution is 2.26. The number of aryl methyl sites for hydroxylation is 1. The van der Waals surface area contributed by atoms with Gasteiger partial charge in [-0.1, -0.05) is 18.2 Å². The first kappa shape index (κ1) is 21.5. The lowest BCUT2D eigenvalue weighted by atomic mass is 10.0. The Labute approximate surface area is 177 Å². The standard InChI is InChI=1S/C23H28N4O3/c1-3-26(15-22(29)25-20-12-10-19(11-13-20)24-17(2)28)16-23(30)27-14-6-8-18-7-4-5-9-21(18)27/h4-5,7,9-13H,3,6,8,14-16H2,1-2H3,(H,24,28)(H,25,29)/p+1. The van der Waals surface area contributed by atoms with Gasteiger partial charge in [0.05, 0.1) is 6.54 Å². The maximum Gasteiger partial charge on any atom is 0.282 e. The average molecular weight is 410 g/mol. The van der Waals surface area contributed by atoms with E-state index in [2.05, 4.69) is 16.7 Å². The van der Waals surface area contributed by atoms with Gasteiger partial charge in [0, 0.05) is 30.5 Å². The Kier molecular flexibility index (Phi) is 7.19. The van der Waals surface area contributed by atoms with Crippen LogP contribution < -0.4 is 20.4 Å². The number of hydrogen-bond donors (Lipinski definition) is 3. The van der Waals surface area contributed by atoms with Crippen LogP contribution in [0.25, 0.3) is 0 Å². The van der Waals surface area contributed by atoms with E-state index in [-0.39, 0.29) is 30.8 Å². The number of nitrogens with one attached hydrogen (secondary N) is 3. The van der Waals surface area contributed by atoms with E-state index in [1.807, 2.05) is 30.0 Å². The van der Waals surface area contributed by atoms with Crippen LogP contribution in [0.2, 0.25) is 0 Å². The van der Waals surface area contributed by atoms with Gasteiger partial charge in [0.15, 0.2) is 13.1 Å². The summed E-state index contributed by atoms with van der Waals surface area (Å²) >= 11 is 0. The molecule has 1 unspecified atom stereocenters. The summed E-state index contributed by atoms with van der Waals surface area (Å²) in [5.41, 5.74) is 3.53. The van der Waals surface area contributed by atoms with Crippen LogP contribution in [0.1, 0.15) is 25.8 Å². The third-order valence-corrected chi connectivity index (χ3v) is 5.21. The first-order valence-corrected chi connectivity index (χ1v) is 10.4. The van der Waals surface area contributed by atoms with E-state index in [9.17, 15) is 14.4 Å². The Bertz CT molecular complexity index is 911. The van der Waals surface area contributed by atoms with Crippen LogP contribution >= 0.6 is 0 Å². The molecule has 0 bridgehead atoms. The van der Waals surface area contributed by atoms with Gasteiger partial charge in [0.25, 0.3) is 11.8 Å². The van der Waals surface area contributed by atoms with Gasteiger partial charge in [-0.25, -0.2) is 0 Å². The van der Waals surface area contributed by atoms with Crippen LogP contribution in [0, 0.1) is 0 Å². The third-order valence-electron chi connectivity index (χ3n) is 5.21. The van der Waals surface area contributed by atoms with Crippen molar-refractivity contribution in [1.29, 1.82) is 0 Å². The van der Waals surface area contributed by atoms with Gasteiger partial charge in [-0.05, 0) is 55.7 Å². The monoisotopic (exact) mass is 409 g/mol. The molecule has 0 aromatic heterocycles. The molecule has 1 aliphatic rings. The van der Waals surface area contributed by atoms with Crippen molar-refractivity contribution < 1.29 is 19.3 Å². The fraction of sp³-hybridized carbons (Fsp3) is 0.348. The topological polar surface area (TPSA) is 83.0 Å². The lowest BCUT2D eigenvalue weighted by molar-refractivity contribution is -0.881. The summed E-state index contributed by atoms with van der Waals surface area (Å²) in [6.45, 7) is 5.31. The highest BCUT2D eigenvalue weighted by molar-refractivity contribution is 5.96. The van der Waals surface area contributed by atoms with Gasteiger partial charge in [0.1, 0.15) is 0 Å². The summed E-state index contributed by atoms with van der Waals surface area (Å²) < 4.78 is 0. The molecular formula is C23H29N4O3+. The molecule has 0 radical (unpaired) electrons. The summed E-state index contributed by atoms with van der Waals surface area (Å²) in [6.07, 6.45) is 1.95. The van der Waals surface area contributed by atoms with Crippen LogP contribution in [-0.4, -0.2) is 43.9 Å². The normalized spacial score (nSPS) is 13.9. The molecule has 30 heavy (non-hydrogen) atoms. The van der Waals surface area contributed by atoms with Gasteiger partial charge < -0.3 is 20.4 Å². The maximum atomic E-state index is 12.9. The lowest BCUT2D eigenvalue weighted by Gasteiger charge is -2.30. The Morgan fingerprint density at radius 1 is 0.967 bits per heavy atom. The molecule has 2 aromatic carbocycles. The van der Waals surface area contributed by atoms with Crippen molar-refractivity contribution in [3.05, 3.63) is 54.1 Å². The Hall–Kier alpha value is -3.19. The van der Waals surface area contributed by atoms with Gasteiger partial charge in [-0.3, -0.25) is 14.4 Å². The van der Waals surface area contributed by atoms with Crippen LogP contribution in [0.5, 0.6) is 0 Å². The van der Waals surface area contributed by atoms with E-state index in [1.165, 1.54) is 12.5 Å². The van der Waals surface area contributed by atoms with E-state index < -0.39 is 0 Å². The van der Waals surface area contributed by atoms with E-state index in [4.69, 9.17) is 0 Å². The highest BCUT2D eigenvalue weighted by Gasteiger charge is 2.26. The van der Waals surface area contributed by atoms with Crippen LogP contribution in [0.4, 0.5) is 17.1 Å².